The van der Waals surface area contributed by atoms with Gasteiger partial charge in [-0.15, -0.1) is 0 Å². The van der Waals surface area contributed by atoms with E-state index in [1.54, 1.807) is 0 Å². The second kappa shape index (κ2) is 18.1. The van der Waals surface area contributed by atoms with Crippen molar-refractivity contribution in [2.75, 3.05) is 0 Å². The Balaban J connectivity index is 0. The second-order valence-electron chi connectivity index (χ2n) is 0. The topological polar surface area (TPSA) is 0 Å². The summed E-state index contributed by atoms with van der Waals surface area (Å²) in [5, 5.41) is 0. The molecule has 31 valence electrons. The molecule has 1 radical (unpaired) electrons. The Labute approximate surface area is 75.3 Å². The molecule has 0 saturated heterocycles. The summed E-state index contributed by atoms with van der Waals surface area (Å²) in [5.74, 6) is 0. The molecule has 0 bridgehead atoms. The fourth-order valence-corrected chi connectivity index (χ4v) is 0. The summed E-state index contributed by atoms with van der Waals surface area (Å²) in [7, 11) is 0. The van der Waals surface area contributed by atoms with E-state index in [0.717, 1.165) is 0 Å². The van der Waals surface area contributed by atoms with Crippen molar-refractivity contribution in [3.8, 4) is 0 Å². The third-order valence-electron chi connectivity index (χ3n) is 0. The SMILES string of the molecule is [Co].[Cr].[Pt].[W]. The molecule has 0 amide bonds. The van der Waals surface area contributed by atoms with Crippen LogP contribution in [-0.2, 0) is 76.3 Å². The van der Waals surface area contributed by atoms with E-state index in [1.165, 1.54) is 0 Å². The van der Waals surface area contributed by atoms with Crippen LogP contribution in [0.4, 0.5) is 0 Å². The van der Waals surface area contributed by atoms with E-state index < -0.39 is 0 Å². The summed E-state index contributed by atoms with van der Waals surface area (Å²) in [5.41, 5.74) is 0. The van der Waals surface area contributed by atoms with Gasteiger partial charge in [0.05, 0.1) is 0 Å². The van der Waals surface area contributed by atoms with E-state index in [0.29, 0.717) is 0 Å². The van der Waals surface area contributed by atoms with Gasteiger partial charge in [-0.25, -0.2) is 0 Å². The van der Waals surface area contributed by atoms with Crippen molar-refractivity contribution < 1.29 is 76.3 Å². The van der Waals surface area contributed by atoms with Crippen LogP contribution in [0.2, 0.25) is 0 Å². The molecule has 4 heteroatoms. The summed E-state index contributed by atoms with van der Waals surface area (Å²) in [6.45, 7) is 0. The molecule has 0 fully saturated rings. The molecule has 0 aromatic heterocycles. The summed E-state index contributed by atoms with van der Waals surface area (Å²) in [6, 6.07) is 0. The molecule has 0 aliphatic heterocycles. The van der Waals surface area contributed by atoms with Crippen LogP contribution >= 0.6 is 0 Å². The summed E-state index contributed by atoms with van der Waals surface area (Å²) in [4.78, 5) is 0. The van der Waals surface area contributed by atoms with Gasteiger partial charge >= 0.3 is 0 Å². The van der Waals surface area contributed by atoms with E-state index in [-0.39, 0.29) is 76.3 Å². The smallest absolute Gasteiger partial charge is 0 e. The van der Waals surface area contributed by atoms with Gasteiger partial charge < -0.3 is 0 Å². The van der Waals surface area contributed by atoms with Crippen LogP contribution < -0.4 is 0 Å². The maximum absolute atomic E-state index is 0. The standard InChI is InChI=1S/Co.Cr.Pt.W. The Morgan fingerprint density at radius 2 is 1.00 bits per heavy atom. The summed E-state index contributed by atoms with van der Waals surface area (Å²) < 4.78 is 0. The van der Waals surface area contributed by atoms with Gasteiger partial charge in [0.25, 0.3) is 0 Å². The Kier molecular flexibility index (Phi) is 146. The van der Waals surface area contributed by atoms with Gasteiger partial charge in [0.1, 0.15) is 0 Å². The van der Waals surface area contributed by atoms with Gasteiger partial charge in [-0.3, -0.25) is 0 Å². The Bertz CT molecular complexity index is 8.00. The van der Waals surface area contributed by atoms with Crippen LogP contribution in [0.25, 0.3) is 0 Å². The van der Waals surface area contributed by atoms with E-state index in [4.69, 9.17) is 0 Å². The Hall–Kier alpha value is 2.42. The first-order valence-corrected chi connectivity index (χ1v) is 0. The molecule has 0 saturated carbocycles. The van der Waals surface area contributed by atoms with Crippen LogP contribution in [0.5, 0.6) is 0 Å². The maximum Gasteiger partial charge on any atom is 0 e. The molecular formula is CoCrPtW. The molecule has 0 aromatic carbocycles. The van der Waals surface area contributed by atoms with E-state index in [1.807, 2.05) is 0 Å². The van der Waals surface area contributed by atoms with Crippen LogP contribution in [-0.4, -0.2) is 0 Å². The third-order valence-corrected chi connectivity index (χ3v) is 0. The van der Waals surface area contributed by atoms with Crippen LogP contribution in [0.1, 0.15) is 0 Å². The quantitative estimate of drug-likeness (QED) is 0.449. The zero-order valence-electron chi connectivity index (χ0n) is 1.47. The first kappa shape index (κ1) is 32.2. The monoisotopic (exact) mass is 490 g/mol. The fraction of sp³-hybridized carbons (Fsp3) is 0. The molecule has 0 heterocycles. The predicted molar refractivity (Wildman–Crippen MR) is 0 cm³/mol. The average Bonchev–Trinajstić information content (AvgIpc) is 0. The largest absolute Gasteiger partial charge is 0 e. The van der Waals surface area contributed by atoms with E-state index >= 15 is 0 Å². The van der Waals surface area contributed by atoms with Gasteiger partial charge in [-0.2, -0.15) is 0 Å². The molecule has 0 nitrogen and oxygen atoms in total. The first-order chi connectivity index (χ1) is 0. The number of rotatable bonds is 0. The minimum Gasteiger partial charge on any atom is 0 e. The molecule has 0 spiro atoms. The minimum atomic E-state index is 0. The van der Waals surface area contributed by atoms with Crippen molar-refractivity contribution in [3.05, 3.63) is 0 Å². The third kappa shape index (κ3) is 8.83. The van der Waals surface area contributed by atoms with Crippen molar-refractivity contribution in [2.45, 2.75) is 0 Å². The van der Waals surface area contributed by atoms with Gasteiger partial charge in [-0.05, 0) is 0 Å². The van der Waals surface area contributed by atoms with Crippen LogP contribution in [0, 0.1) is 0 Å². The van der Waals surface area contributed by atoms with Gasteiger partial charge in [-0.1, -0.05) is 0 Å². The van der Waals surface area contributed by atoms with Crippen molar-refractivity contribution in [2.24, 2.45) is 0 Å². The molecular weight excluding hydrogens is 490 g/mol. The van der Waals surface area contributed by atoms with Gasteiger partial charge in [0, 0.05) is 76.3 Å². The minimum absolute atomic E-state index is 0. The Morgan fingerprint density at radius 1 is 1.00 bits per heavy atom. The summed E-state index contributed by atoms with van der Waals surface area (Å²) >= 11 is 0. The predicted octanol–water partition coefficient (Wildman–Crippen LogP) is -0.0100. The van der Waals surface area contributed by atoms with Crippen molar-refractivity contribution >= 4 is 0 Å². The first-order valence-electron chi connectivity index (χ1n) is 0. The zero-order valence-corrected chi connectivity index (χ0v) is 8.99. The summed E-state index contributed by atoms with van der Waals surface area (Å²) in [6.07, 6.45) is 0. The molecule has 0 aliphatic carbocycles. The molecule has 0 unspecified atom stereocenters. The Morgan fingerprint density at radius 3 is 1.00 bits per heavy atom. The van der Waals surface area contributed by atoms with Gasteiger partial charge in [0.2, 0.25) is 0 Å². The maximum atomic E-state index is 0. The molecule has 0 rings (SSSR count). The zero-order chi connectivity index (χ0) is 0. The molecule has 0 atom stereocenters. The van der Waals surface area contributed by atoms with E-state index in [2.05, 4.69) is 0 Å². The van der Waals surface area contributed by atoms with E-state index in [9.17, 15) is 0 Å². The van der Waals surface area contributed by atoms with Gasteiger partial charge in [0.15, 0.2) is 0 Å². The van der Waals surface area contributed by atoms with Crippen molar-refractivity contribution in [1.29, 1.82) is 0 Å². The average molecular weight is 490 g/mol. The van der Waals surface area contributed by atoms with Crippen molar-refractivity contribution in [1.82, 2.24) is 0 Å². The molecule has 0 aliphatic rings. The molecule has 0 aromatic rings. The fourth-order valence-electron chi connectivity index (χ4n) is 0. The number of hydrogen-bond donors (Lipinski definition) is 0. The molecule has 4 heavy (non-hydrogen) atoms. The number of hydrogen-bond acceptors (Lipinski definition) is 0. The van der Waals surface area contributed by atoms with Crippen LogP contribution in [0.15, 0.2) is 0 Å². The molecule has 0 N–H and O–H groups in total. The van der Waals surface area contributed by atoms with Crippen molar-refractivity contribution in [3.63, 3.8) is 0 Å². The normalized spacial score (nSPS) is 0. The van der Waals surface area contributed by atoms with Crippen LogP contribution in [0.3, 0.4) is 0 Å². The second-order valence-corrected chi connectivity index (χ2v) is 0.